The van der Waals surface area contributed by atoms with E-state index in [4.69, 9.17) is 4.74 Å². The maximum absolute atomic E-state index is 14.9. The van der Waals surface area contributed by atoms with Crippen LogP contribution in [0.5, 0.6) is 5.75 Å². The molecule has 140 valence electrons. The number of H-pyrrole nitrogens is 1. The highest BCUT2D eigenvalue weighted by Gasteiger charge is 2.19. The monoisotopic (exact) mass is 378 g/mol. The number of rotatable bonds is 4. The predicted octanol–water partition coefficient (Wildman–Crippen LogP) is 5.37. The summed E-state index contributed by atoms with van der Waals surface area (Å²) < 4.78 is 34.3. The number of ether oxygens (including phenoxy) is 1. The number of carbonyl (C=O) groups excluding carboxylic acids is 1. The first-order valence-electron chi connectivity index (χ1n) is 8.58. The summed E-state index contributed by atoms with van der Waals surface area (Å²) in [5.74, 6) is -1.67. The molecule has 1 amide bonds. The van der Waals surface area contributed by atoms with Gasteiger partial charge in [0.15, 0.2) is 5.82 Å². The lowest BCUT2D eigenvalue weighted by Crippen LogP contribution is -2.15. The van der Waals surface area contributed by atoms with Crippen LogP contribution in [0.25, 0.3) is 22.0 Å². The van der Waals surface area contributed by atoms with Gasteiger partial charge in [0.2, 0.25) is 0 Å². The molecule has 4 aromatic rings. The highest BCUT2D eigenvalue weighted by molar-refractivity contribution is 6.06. The summed E-state index contributed by atoms with van der Waals surface area (Å²) in [6.45, 7) is 0. The number of aromatic amines is 1. The number of benzene rings is 3. The van der Waals surface area contributed by atoms with Crippen LogP contribution in [-0.4, -0.2) is 18.0 Å². The van der Waals surface area contributed by atoms with Crippen LogP contribution in [0.1, 0.15) is 10.5 Å². The van der Waals surface area contributed by atoms with Crippen LogP contribution in [0.3, 0.4) is 0 Å². The summed E-state index contributed by atoms with van der Waals surface area (Å²) in [5, 5.41) is 3.13. The summed E-state index contributed by atoms with van der Waals surface area (Å²) in [7, 11) is 1.54. The van der Waals surface area contributed by atoms with Crippen molar-refractivity contribution >= 4 is 22.5 Å². The molecule has 0 bridgehead atoms. The minimum atomic E-state index is -0.844. The topological polar surface area (TPSA) is 54.1 Å². The molecule has 0 aliphatic heterocycles. The zero-order valence-corrected chi connectivity index (χ0v) is 14.9. The number of methoxy groups -OCH3 is 1. The summed E-state index contributed by atoms with van der Waals surface area (Å²) in [5.41, 5.74) is 1.19. The van der Waals surface area contributed by atoms with E-state index in [1.54, 1.807) is 61.7 Å². The third kappa shape index (κ3) is 3.20. The average molecular weight is 378 g/mol. The number of fused-ring (bicyclic) bond motifs is 1. The Kier molecular flexibility index (Phi) is 4.53. The first-order valence-corrected chi connectivity index (χ1v) is 8.58. The zero-order valence-electron chi connectivity index (χ0n) is 14.9. The third-order valence-corrected chi connectivity index (χ3v) is 4.49. The molecule has 2 N–H and O–H groups in total. The molecule has 1 aromatic heterocycles. The Morgan fingerprint density at radius 2 is 1.79 bits per heavy atom. The van der Waals surface area contributed by atoms with Crippen molar-refractivity contribution in [2.24, 2.45) is 0 Å². The minimum Gasteiger partial charge on any atom is -0.497 e. The number of hydrogen-bond acceptors (Lipinski definition) is 2. The molecule has 4 rings (SSSR count). The first-order chi connectivity index (χ1) is 13.6. The molecule has 28 heavy (non-hydrogen) atoms. The Balaban J connectivity index is 1.68. The molecule has 4 nitrogen and oxygen atoms in total. The summed E-state index contributed by atoms with van der Waals surface area (Å²) in [6, 6.07) is 18.1. The van der Waals surface area contributed by atoms with Crippen LogP contribution in [0.15, 0.2) is 66.7 Å². The Morgan fingerprint density at radius 1 is 1.00 bits per heavy atom. The van der Waals surface area contributed by atoms with Crippen molar-refractivity contribution in [3.8, 4) is 16.9 Å². The van der Waals surface area contributed by atoms with Gasteiger partial charge in [-0.05, 0) is 35.9 Å². The van der Waals surface area contributed by atoms with Gasteiger partial charge in [0, 0.05) is 22.5 Å². The standard InChI is InChI=1S/C22H16F2N2O2/c1-28-15-8-7-14-11-19(25-18(14)12-15)22(27)26-21-17(23)10-9-16(20(21)24)13-5-3-2-4-6-13/h2-12,25H,1H3,(H,26,27). The minimum absolute atomic E-state index is 0.187. The van der Waals surface area contributed by atoms with E-state index in [0.29, 0.717) is 16.8 Å². The van der Waals surface area contributed by atoms with E-state index in [1.165, 1.54) is 6.07 Å². The molecule has 1 heterocycles. The smallest absolute Gasteiger partial charge is 0.272 e. The van der Waals surface area contributed by atoms with Gasteiger partial charge in [-0.3, -0.25) is 4.79 Å². The number of amides is 1. The van der Waals surface area contributed by atoms with Crippen LogP contribution in [0.4, 0.5) is 14.5 Å². The lowest BCUT2D eigenvalue weighted by Gasteiger charge is -2.11. The van der Waals surface area contributed by atoms with E-state index < -0.39 is 23.2 Å². The fourth-order valence-corrected chi connectivity index (χ4v) is 3.04. The van der Waals surface area contributed by atoms with E-state index in [1.807, 2.05) is 0 Å². The van der Waals surface area contributed by atoms with Gasteiger partial charge in [-0.2, -0.15) is 0 Å². The fraction of sp³-hybridized carbons (Fsp3) is 0.0455. The van der Waals surface area contributed by atoms with E-state index >= 15 is 0 Å². The second-order valence-electron chi connectivity index (χ2n) is 6.24. The maximum Gasteiger partial charge on any atom is 0.272 e. The van der Waals surface area contributed by atoms with Crippen molar-refractivity contribution < 1.29 is 18.3 Å². The largest absolute Gasteiger partial charge is 0.497 e. The first kappa shape index (κ1) is 17.7. The van der Waals surface area contributed by atoms with Crippen molar-refractivity contribution in [1.82, 2.24) is 4.98 Å². The van der Waals surface area contributed by atoms with Crippen LogP contribution in [-0.2, 0) is 0 Å². The quantitative estimate of drug-likeness (QED) is 0.501. The second-order valence-corrected chi connectivity index (χ2v) is 6.24. The van der Waals surface area contributed by atoms with Crippen LogP contribution < -0.4 is 10.1 Å². The van der Waals surface area contributed by atoms with Crippen LogP contribution in [0.2, 0.25) is 0 Å². The molecule has 6 heteroatoms. The number of hydrogen-bond donors (Lipinski definition) is 2. The van der Waals surface area contributed by atoms with Gasteiger partial charge in [-0.15, -0.1) is 0 Å². The number of halogens is 2. The molecule has 0 saturated heterocycles. The Hall–Kier alpha value is -3.67. The molecule has 0 radical (unpaired) electrons. The van der Waals surface area contributed by atoms with Gasteiger partial charge in [-0.25, -0.2) is 8.78 Å². The SMILES string of the molecule is COc1ccc2cc(C(=O)Nc3c(F)ccc(-c4ccccc4)c3F)[nH]c2c1. The molecule has 0 atom stereocenters. The van der Waals surface area contributed by atoms with E-state index in [9.17, 15) is 13.6 Å². The molecule has 0 aliphatic carbocycles. The highest BCUT2D eigenvalue weighted by Crippen LogP contribution is 2.30. The number of aromatic nitrogens is 1. The number of carbonyl (C=O) groups is 1. The van der Waals surface area contributed by atoms with Gasteiger partial charge in [0.25, 0.3) is 5.91 Å². The number of anilines is 1. The summed E-state index contributed by atoms with van der Waals surface area (Å²) in [6.07, 6.45) is 0. The van der Waals surface area contributed by atoms with Crippen LogP contribution >= 0.6 is 0 Å². The molecule has 0 fully saturated rings. The molecular formula is C22H16F2N2O2. The van der Waals surface area contributed by atoms with Crippen molar-refractivity contribution in [1.29, 1.82) is 0 Å². The second kappa shape index (κ2) is 7.15. The molecule has 0 saturated carbocycles. The Bertz CT molecular complexity index is 1170. The van der Waals surface area contributed by atoms with Crippen LogP contribution in [0, 0.1) is 11.6 Å². The molecule has 0 unspecified atom stereocenters. The van der Waals surface area contributed by atoms with E-state index in [2.05, 4.69) is 10.3 Å². The molecule has 0 spiro atoms. The normalized spacial score (nSPS) is 10.8. The maximum atomic E-state index is 14.9. The summed E-state index contributed by atoms with van der Waals surface area (Å²) in [4.78, 5) is 15.5. The van der Waals surface area contributed by atoms with Gasteiger partial charge in [0.05, 0.1) is 7.11 Å². The van der Waals surface area contributed by atoms with Gasteiger partial charge >= 0.3 is 0 Å². The Labute approximate surface area is 159 Å². The summed E-state index contributed by atoms with van der Waals surface area (Å²) >= 11 is 0. The van der Waals surface area contributed by atoms with Crippen molar-refractivity contribution in [3.05, 3.63) is 84.1 Å². The fourth-order valence-electron chi connectivity index (χ4n) is 3.04. The molecular weight excluding hydrogens is 362 g/mol. The lowest BCUT2D eigenvalue weighted by atomic mass is 10.0. The third-order valence-electron chi connectivity index (χ3n) is 4.49. The zero-order chi connectivity index (χ0) is 19.7. The van der Waals surface area contributed by atoms with Gasteiger partial charge in [-0.1, -0.05) is 30.3 Å². The molecule has 3 aromatic carbocycles. The lowest BCUT2D eigenvalue weighted by molar-refractivity contribution is 0.102. The molecule has 0 aliphatic rings. The van der Waals surface area contributed by atoms with Crippen molar-refractivity contribution in [3.63, 3.8) is 0 Å². The highest BCUT2D eigenvalue weighted by atomic mass is 19.1. The van der Waals surface area contributed by atoms with E-state index in [0.717, 1.165) is 11.5 Å². The predicted molar refractivity (Wildman–Crippen MR) is 105 cm³/mol. The van der Waals surface area contributed by atoms with Gasteiger partial charge in [0.1, 0.15) is 22.9 Å². The van der Waals surface area contributed by atoms with E-state index in [-0.39, 0.29) is 11.3 Å². The van der Waals surface area contributed by atoms with Crippen molar-refractivity contribution in [2.45, 2.75) is 0 Å². The van der Waals surface area contributed by atoms with Crippen molar-refractivity contribution in [2.75, 3.05) is 12.4 Å². The van der Waals surface area contributed by atoms with Gasteiger partial charge < -0.3 is 15.0 Å². The Morgan fingerprint density at radius 3 is 2.54 bits per heavy atom. The number of nitrogens with one attached hydrogen (secondary N) is 2. The average Bonchev–Trinajstić information content (AvgIpc) is 3.15.